The minimum Gasteiger partial charge on any atom is -0.391 e. The molecule has 6 nitrogen and oxygen atoms in total. The Morgan fingerprint density at radius 1 is 1.14 bits per heavy atom. The lowest BCUT2D eigenvalue weighted by atomic mass is 10.0. The van der Waals surface area contributed by atoms with Crippen LogP contribution < -0.4 is 0 Å². The molecule has 0 spiro atoms. The van der Waals surface area contributed by atoms with Crippen LogP contribution in [-0.4, -0.2) is 49.9 Å². The highest BCUT2D eigenvalue weighted by molar-refractivity contribution is 5.95. The molecule has 140 valence electrons. The third-order valence-electron chi connectivity index (χ3n) is 4.67. The highest BCUT2D eigenvalue weighted by Gasteiger charge is 2.23. The third-order valence-corrected chi connectivity index (χ3v) is 4.67. The van der Waals surface area contributed by atoms with Gasteiger partial charge >= 0.3 is 0 Å². The fourth-order valence-electron chi connectivity index (χ4n) is 3.27. The number of benzene rings is 1. The van der Waals surface area contributed by atoms with Crippen LogP contribution >= 0.6 is 0 Å². The number of pyridine rings is 1. The average molecular weight is 372 g/mol. The van der Waals surface area contributed by atoms with Gasteiger partial charge in [0.05, 0.1) is 17.4 Å². The molecule has 0 saturated carbocycles. The van der Waals surface area contributed by atoms with E-state index in [1.165, 1.54) is 0 Å². The van der Waals surface area contributed by atoms with Crippen molar-refractivity contribution in [3.63, 3.8) is 0 Å². The van der Waals surface area contributed by atoms with Crippen molar-refractivity contribution < 1.29 is 9.90 Å². The Bertz CT molecular complexity index is 1020. The lowest BCUT2D eigenvalue weighted by molar-refractivity contribution is 0.0473. The summed E-state index contributed by atoms with van der Waals surface area (Å²) in [7, 11) is 0. The summed E-state index contributed by atoms with van der Waals surface area (Å²) >= 11 is 0. The van der Waals surface area contributed by atoms with Crippen LogP contribution in [0.3, 0.4) is 0 Å². The van der Waals surface area contributed by atoms with E-state index in [9.17, 15) is 9.90 Å². The van der Waals surface area contributed by atoms with E-state index in [1.54, 1.807) is 34.1 Å². The zero-order valence-corrected chi connectivity index (χ0v) is 15.3. The first-order chi connectivity index (χ1) is 13.7. The maximum atomic E-state index is 12.9. The molecule has 1 saturated heterocycles. The number of hydrogen-bond donors (Lipinski definition) is 1. The number of aliphatic hydroxyl groups is 1. The van der Waals surface area contributed by atoms with E-state index in [0.29, 0.717) is 29.9 Å². The number of carbonyl (C=O) groups excluding carboxylic acids is 1. The van der Waals surface area contributed by atoms with Gasteiger partial charge in [-0.2, -0.15) is 5.10 Å². The second kappa shape index (κ2) is 8.07. The Balaban J connectivity index is 1.70. The summed E-state index contributed by atoms with van der Waals surface area (Å²) in [6.45, 7) is 1.03. The molecule has 2 aromatic heterocycles. The van der Waals surface area contributed by atoms with Gasteiger partial charge in [0.1, 0.15) is 5.69 Å². The van der Waals surface area contributed by atoms with Gasteiger partial charge in [0.25, 0.3) is 5.91 Å². The van der Waals surface area contributed by atoms with Crippen molar-refractivity contribution in [2.45, 2.75) is 18.9 Å². The molecule has 1 atom stereocenters. The van der Waals surface area contributed by atoms with E-state index in [0.717, 1.165) is 18.5 Å². The van der Waals surface area contributed by atoms with Crippen molar-refractivity contribution in [3.05, 3.63) is 77.9 Å². The molecule has 1 aliphatic rings. The van der Waals surface area contributed by atoms with Crippen molar-refractivity contribution in [1.82, 2.24) is 19.7 Å². The van der Waals surface area contributed by atoms with Crippen molar-refractivity contribution >= 4 is 5.91 Å². The molecule has 0 radical (unpaired) electrons. The topological polar surface area (TPSA) is 71.2 Å². The van der Waals surface area contributed by atoms with Crippen LogP contribution in [0.4, 0.5) is 0 Å². The second-order valence-electron chi connectivity index (χ2n) is 6.69. The predicted octanol–water partition coefficient (Wildman–Crippen LogP) is 2.26. The molecule has 4 rings (SSSR count). The summed E-state index contributed by atoms with van der Waals surface area (Å²) in [5.74, 6) is 6.09. The maximum absolute atomic E-state index is 12.9. The van der Waals surface area contributed by atoms with Crippen LogP contribution in [0.1, 0.15) is 34.5 Å². The van der Waals surface area contributed by atoms with Crippen LogP contribution in [0.2, 0.25) is 0 Å². The normalized spacial score (nSPS) is 16.3. The standard InChI is InChI=1S/C22H20N4O2/c27-20-6-3-13-25(16-20)22(28)18-8-10-21(26-14-4-12-24-26)17(15-18)7-9-19-5-1-2-11-23-19/h1-2,4-5,8,10-12,14-15,20,27H,3,6,13,16H2. The molecule has 1 fully saturated rings. The fraction of sp³-hybridized carbons (Fsp3) is 0.227. The van der Waals surface area contributed by atoms with Crippen LogP contribution in [-0.2, 0) is 0 Å². The molecular weight excluding hydrogens is 352 g/mol. The lowest BCUT2D eigenvalue weighted by Crippen LogP contribution is -2.42. The van der Waals surface area contributed by atoms with Gasteiger partial charge in [-0.1, -0.05) is 12.0 Å². The minimum atomic E-state index is -0.454. The molecule has 0 aliphatic carbocycles. The molecule has 3 heterocycles. The van der Waals surface area contributed by atoms with Crippen LogP contribution in [0.15, 0.2) is 61.1 Å². The predicted molar refractivity (Wildman–Crippen MR) is 105 cm³/mol. The largest absolute Gasteiger partial charge is 0.391 e. The Morgan fingerprint density at radius 2 is 2.07 bits per heavy atom. The summed E-state index contributed by atoms with van der Waals surface area (Å²) in [5, 5.41) is 14.2. The number of aromatic nitrogens is 3. The molecule has 1 aromatic carbocycles. The maximum Gasteiger partial charge on any atom is 0.253 e. The van der Waals surface area contributed by atoms with E-state index in [1.807, 2.05) is 36.5 Å². The van der Waals surface area contributed by atoms with E-state index in [4.69, 9.17) is 0 Å². The first kappa shape index (κ1) is 18.0. The molecule has 1 N–H and O–H groups in total. The summed E-state index contributed by atoms with van der Waals surface area (Å²) in [4.78, 5) is 18.8. The second-order valence-corrected chi connectivity index (χ2v) is 6.69. The van der Waals surface area contributed by atoms with E-state index in [-0.39, 0.29) is 5.91 Å². The number of rotatable bonds is 2. The fourth-order valence-corrected chi connectivity index (χ4v) is 3.27. The number of hydrogen-bond acceptors (Lipinski definition) is 4. The van der Waals surface area contributed by atoms with Crippen molar-refractivity contribution in [2.75, 3.05) is 13.1 Å². The molecule has 1 unspecified atom stereocenters. The highest BCUT2D eigenvalue weighted by Crippen LogP contribution is 2.19. The summed E-state index contributed by atoms with van der Waals surface area (Å²) < 4.78 is 1.72. The van der Waals surface area contributed by atoms with Crippen molar-refractivity contribution in [1.29, 1.82) is 0 Å². The molecule has 1 amide bonds. The molecule has 3 aromatic rings. The van der Waals surface area contributed by atoms with E-state index < -0.39 is 6.10 Å². The Labute approximate surface area is 163 Å². The van der Waals surface area contributed by atoms with Crippen LogP contribution in [0.25, 0.3) is 5.69 Å². The zero-order valence-electron chi connectivity index (χ0n) is 15.3. The SMILES string of the molecule is O=C(c1ccc(-n2cccn2)c(C#Cc2ccccn2)c1)N1CCCC(O)C1. The van der Waals surface area contributed by atoms with Gasteiger partial charge in [0.15, 0.2) is 0 Å². The van der Waals surface area contributed by atoms with Crippen molar-refractivity contribution in [3.8, 4) is 17.5 Å². The van der Waals surface area contributed by atoms with Gasteiger partial charge in [-0.15, -0.1) is 0 Å². The van der Waals surface area contributed by atoms with Crippen LogP contribution in [0, 0.1) is 11.8 Å². The third kappa shape index (κ3) is 3.95. The summed E-state index contributed by atoms with van der Waals surface area (Å²) in [6, 6.07) is 12.8. The van der Waals surface area contributed by atoms with Gasteiger partial charge in [-0.3, -0.25) is 4.79 Å². The Morgan fingerprint density at radius 3 is 2.82 bits per heavy atom. The molecule has 6 heteroatoms. The first-order valence-electron chi connectivity index (χ1n) is 9.25. The molecular formula is C22H20N4O2. The van der Waals surface area contributed by atoms with Gasteiger partial charge < -0.3 is 10.0 Å². The number of likely N-dealkylation sites (tertiary alicyclic amines) is 1. The number of piperidine rings is 1. The summed E-state index contributed by atoms with van der Waals surface area (Å²) in [6.07, 6.45) is 6.32. The minimum absolute atomic E-state index is 0.0911. The van der Waals surface area contributed by atoms with E-state index in [2.05, 4.69) is 21.9 Å². The summed E-state index contributed by atoms with van der Waals surface area (Å²) in [5.41, 5.74) is 2.70. The van der Waals surface area contributed by atoms with Gasteiger partial charge in [-0.25, -0.2) is 9.67 Å². The number of aliphatic hydroxyl groups excluding tert-OH is 1. The monoisotopic (exact) mass is 372 g/mol. The van der Waals surface area contributed by atoms with E-state index >= 15 is 0 Å². The van der Waals surface area contributed by atoms with Gasteiger partial charge in [-0.05, 0) is 55.2 Å². The zero-order chi connectivity index (χ0) is 19.3. The first-order valence-corrected chi connectivity index (χ1v) is 9.25. The Kier molecular flexibility index (Phi) is 5.18. The molecule has 1 aliphatic heterocycles. The lowest BCUT2D eigenvalue weighted by Gasteiger charge is -2.30. The van der Waals surface area contributed by atoms with Crippen LogP contribution in [0.5, 0.6) is 0 Å². The Hall–Kier alpha value is -3.43. The van der Waals surface area contributed by atoms with Gasteiger partial charge in [0.2, 0.25) is 0 Å². The van der Waals surface area contributed by atoms with Gasteiger partial charge in [0, 0.05) is 37.2 Å². The number of carbonyl (C=O) groups is 1. The molecule has 28 heavy (non-hydrogen) atoms. The molecule has 0 bridgehead atoms. The highest BCUT2D eigenvalue weighted by atomic mass is 16.3. The van der Waals surface area contributed by atoms with Crippen molar-refractivity contribution in [2.24, 2.45) is 0 Å². The number of amides is 1. The number of β-amino-alcohol motifs (C(OH)–C–C–N with tert-alkyl or cyclic N) is 1. The quantitative estimate of drug-likeness (QED) is 0.701. The number of nitrogens with zero attached hydrogens (tertiary/aromatic N) is 4. The smallest absolute Gasteiger partial charge is 0.253 e. The average Bonchev–Trinajstić information content (AvgIpc) is 3.27.